The minimum atomic E-state index is 0.170. The van der Waals surface area contributed by atoms with Crippen molar-refractivity contribution in [3.05, 3.63) is 29.8 Å². The van der Waals surface area contributed by atoms with Gasteiger partial charge in [-0.1, -0.05) is 12.1 Å². The van der Waals surface area contributed by atoms with Crippen molar-refractivity contribution in [1.29, 1.82) is 0 Å². The first-order chi connectivity index (χ1) is 9.81. The highest BCUT2D eigenvalue weighted by atomic mass is 16.5. The molecule has 3 heteroatoms. The van der Waals surface area contributed by atoms with Crippen LogP contribution in [0.4, 0.5) is 0 Å². The lowest BCUT2D eigenvalue weighted by Crippen LogP contribution is -2.37. The van der Waals surface area contributed by atoms with Crippen molar-refractivity contribution in [3.63, 3.8) is 0 Å². The Kier molecular flexibility index (Phi) is 2.94. The Morgan fingerprint density at radius 3 is 2.75 bits per heavy atom. The number of para-hydroxylation sites is 1. The van der Waals surface area contributed by atoms with Crippen molar-refractivity contribution >= 4 is 5.91 Å². The molecule has 0 radical (unpaired) electrons. The van der Waals surface area contributed by atoms with Crippen molar-refractivity contribution in [2.24, 2.45) is 11.8 Å². The maximum atomic E-state index is 12.8. The first-order valence-electron chi connectivity index (χ1n) is 7.84. The van der Waals surface area contributed by atoms with Gasteiger partial charge in [0.05, 0.1) is 12.2 Å². The second-order valence-corrected chi connectivity index (χ2v) is 6.54. The summed E-state index contributed by atoms with van der Waals surface area (Å²) in [5, 5.41) is 0. The van der Waals surface area contributed by atoms with Gasteiger partial charge in [0, 0.05) is 12.6 Å². The monoisotopic (exact) mass is 271 g/mol. The molecule has 2 aliphatic carbocycles. The molecule has 2 unspecified atom stereocenters. The molecule has 2 bridgehead atoms. The highest BCUT2D eigenvalue weighted by Crippen LogP contribution is 2.39. The molecular weight excluding hydrogens is 250 g/mol. The molecule has 0 spiro atoms. The van der Waals surface area contributed by atoms with E-state index >= 15 is 0 Å². The zero-order valence-corrected chi connectivity index (χ0v) is 11.8. The number of benzene rings is 1. The van der Waals surface area contributed by atoms with Crippen LogP contribution in [-0.4, -0.2) is 30.0 Å². The van der Waals surface area contributed by atoms with Gasteiger partial charge in [-0.3, -0.25) is 4.79 Å². The SMILES string of the molecule is O=C(c1ccccc1OCC1CC1)N1CC2CCC1C2. The molecule has 4 rings (SSSR count). The van der Waals surface area contributed by atoms with Gasteiger partial charge in [-0.2, -0.15) is 0 Å². The van der Waals surface area contributed by atoms with Crippen molar-refractivity contribution in [2.45, 2.75) is 38.1 Å². The number of nitrogens with zero attached hydrogens (tertiary/aromatic N) is 1. The quantitative estimate of drug-likeness (QED) is 0.842. The Bertz CT molecular complexity index is 523. The first-order valence-corrected chi connectivity index (χ1v) is 7.84. The number of rotatable bonds is 4. The zero-order chi connectivity index (χ0) is 13.5. The number of carbonyl (C=O) groups is 1. The van der Waals surface area contributed by atoms with Crippen LogP contribution >= 0.6 is 0 Å². The molecule has 1 heterocycles. The van der Waals surface area contributed by atoms with E-state index in [1.807, 2.05) is 24.3 Å². The predicted octanol–water partition coefficient (Wildman–Crippen LogP) is 3.10. The van der Waals surface area contributed by atoms with Gasteiger partial charge in [-0.25, -0.2) is 0 Å². The number of piperidine rings is 1. The van der Waals surface area contributed by atoms with E-state index in [-0.39, 0.29) is 5.91 Å². The van der Waals surface area contributed by atoms with Crippen LogP contribution in [0.3, 0.4) is 0 Å². The fourth-order valence-electron chi connectivity index (χ4n) is 3.59. The fraction of sp³-hybridized carbons (Fsp3) is 0.588. The van der Waals surface area contributed by atoms with E-state index in [4.69, 9.17) is 4.74 Å². The van der Waals surface area contributed by atoms with Gasteiger partial charge in [-0.15, -0.1) is 0 Å². The van der Waals surface area contributed by atoms with E-state index in [0.717, 1.165) is 30.4 Å². The van der Waals surface area contributed by atoms with Gasteiger partial charge >= 0.3 is 0 Å². The van der Waals surface area contributed by atoms with Gasteiger partial charge in [0.25, 0.3) is 5.91 Å². The lowest BCUT2D eigenvalue weighted by atomic mass is 10.1. The second kappa shape index (κ2) is 4.80. The van der Waals surface area contributed by atoms with Gasteiger partial charge in [0.15, 0.2) is 0 Å². The molecule has 0 N–H and O–H groups in total. The van der Waals surface area contributed by atoms with Crippen LogP contribution in [0, 0.1) is 11.8 Å². The summed E-state index contributed by atoms with van der Waals surface area (Å²) >= 11 is 0. The highest BCUT2D eigenvalue weighted by molar-refractivity contribution is 5.97. The van der Waals surface area contributed by atoms with Crippen LogP contribution in [0.5, 0.6) is 5.75 Å². The van der Waals surface area contributed by atoms with Gasteiger partial charge in [0.1, 0.15) is 5.75 Å². The Morgan fingerprint density at radius 2 is 2.05 bits per heavy atom. The summed E-state index contributed by atoms with van der Waals surface area (Å²) in [5.74, 6) is 2.39. The molecule has 1 saturated heterocycles. The van der Waals surface area contributed by atoms with Crippen LogP contribution in [0.2, 0.25) is 0 Å². The smallest absolute Gasteiger partial charge is 0.257 e. The van der Waals surface area contributed by atoms with Crippen molar-refractivity contribution in [3.8, 4) is 5.75 Å². The molecule has 106 valence electrons. The van der Waals surface area contributed by atoms with Crippen LogP contribution in [-0.2, 0) is 0 Å². The number of hydrogen-bond donors (Lipinski definition) is 0. The Hall–Kier alpha value is -1.51. The molecule has 2 atom stereocenters. The molecule has 20 heavy (non-hydrogen) atoms. The predicted molar refractivity (Wildman–Crippen MR) is 76.8 cm³/mol. The number of ether oxygens (including phenoxy) is 1. The molecule has 3 nitrogen and oxygen atoms in total. The number of carbonyl (C=O) groups excluding carboxylic acids is 1. The van der Waals surface area contributed by atoms with Gasteiger partial charge < -0.3 is 9.64 Å². The van der Waals surface area contributed by atoms with Crippen LogP contribution in [0.15, 0.2) is 24.3 Å². The molecule has 0 aromatic heterocycles. The van der Waals surface area contributed by atoms with E-state index < -0.39 is 0 Å². The Labute approximate surface area is 119 Å². The first kappa shape index (κ1) is 12.2. The van der Waals surface area contributed by atoms with Crippen molar-refractivity contribution in [1.82, 2.24) is 4.90 Å². The number of hydrogen-bond acceptors (Lipinski definition) is 2. The van der Waals surface area contributed by atoms with E-state index in [0.29, 0.717) is 12.0 Å². The Morgan fingerprint density at radius 1 is 1.20 bits per heavy atom. The summed E-state index contributed by atoms with van der Waals surface area (Å²) in [6, 6.07) is 8.21. The van der Waals surface area contributed by atoms with Crippen LogP contribution < -0.4 is 4.74 Å². The maximum absolute atomic E-state index is 12.8. The van der Waals surface area contributed by atoms with Crippen LogP contribution in [0.25, 0.3) is 0 Å². The highest BCUT2D eigenvalue weighted by Gasteiger charge is 2.41. The minimum absolute atomic E-state index is 0.170. The number of fused-ring (bicyclic) bond motifs is 2. The Balaban J connectivity index is 1.52. The molecule has 1 aliphatic heterocycles. The normalized spacial score (nSPS) is 27.9. The number of likely N-dealkylation sites (tertiary alicyclic amines) is 1. The second-order valence-electron chi connectivity index (χ2n) is 6.54. The summed E-state index contributed by atoms with van der Waals surface area (Å²) < 4.78 is 5.87. The molecule has 1 aromatic rings. The van der Waals surface area contributed by atoms with Gasteiger partial charge in [0.2, 0.25) is 0 Å². The maximum Gasteiger partial charge on any atom is 0.257 e. The summed E-state index contributed by atoms with van der Waals surface area (Å²) in [6.45, 7) is 1.71. The fourth-order valence-corrected chi connectivity index (χ4v) is 3.59. The summed E-state index contributed by atoms with van der Waals surface area (Å²) in [7, 11) is 0. The summed E-state index contributed by atoms with van der Waals surface area (Å²) in [5.41, 5.74) is 0.751. The molecule has 1 amide bonds. The van der Waals surface area contributed by atoms with E-state index in [9.17, 15) is 4.79 Å². The van der Waals surface area contributed by atoms with E-state index in [1.54, 1.807) is 0 Å². The average molecular weight is 271 g/mol. The molecule has 3 fully saturated rings. The summed E-state index contributed by atoms with van der Waals surface area (Å²) in [6.07, 6.45) is 6.23. The molecule has 1 aromatic carbocycles. The van der Waals surface area contributed by atoms with E-state index in [2.05, 4.69) is 4.90 Å². The third-order valence-electron chi connectivity index (χ3n) is 4.96. The molecular formula is C17H21NO2. The number of amides is 1. The van der Waals surface area contributed by atoms with E-state index in [1.165, 1.54) is 32.1 Å². The summed E-state index contributed by atoms with van der Waals surface area (Å²) in [4.78, 5) is 14.8. The third kappa shape index (κ3) is 2.19. The topological polar surface area (TPSA) is 29.5 Å². The minimum Gasteiger partial charge on any atom is -0.492 e. The van der Waals surface area contributed by atoms with Crippen molar-refractivity contribution < 1.29 is 9.53 Å². The zero-order valence-electron chi connectivity index (χ0n) is 11.8. The lowest BCUT2D eigenvalue weighted by molar-refractivity contribution is 0.0699. The third-order valence-corrected chi connectivity index (χ3v) is 4.96. The molecule has 3 aliphatic rings. The molecule has 2 saturated carbocycles. The van der Waals surface area contributed by atoms with Gasteiger partial charge in [-0.05, 0) is 56.1 Å². The lowest BCUT2D eigenvalue weighted by Gasteiger charge is -2.27. The standard InChI is InChI=1S/C17H21NO2/c19-17(18-10-13-7-8-14(18)9-13)15-3-1-2-4-16(15)20-11-12-5-6-12/h1-4,12-14H,5-11H2. The largest absolute Gasteiger partial charge is 0.492 e. The average Bonchev–Trinajstić information content (AvgIpc) is 3.07. The van der Waals surface area contributed by atoms with Crippen LogP contribution in [0.1, 0.15) is 42.5 Å². The van der Waals surface area contributed by atoms with Crippen molar-refractivity contribution in [2.75, 3.05) is 13.2 Å².